The van der Waals surface area contributed by atoms with Crippen LogP contribution in [-0.2, 0) is 0 Å². The number of benzene rings is 1. The van der Waals surface area contributed by atoms with Gasteiger partial charge < -0.3 is 9.80 Å². The molecule has 0 amide bonds. The van der Waals surface area contributed by atoms with Crippen LogP contribution in [0.15, 0.2) is 18.2 Å². The molecule has 4 heteroatoms. The fourth-order valence-electron chi connectivity index (χ4n) is 2.19. The van der Waals surface area contributed by atoms with Crippen molar-refractivity contribution in [3.63, 3.8) is 0 Å². The van der Waals surface area contributed by atoms with Gasteiger partial charge in [-0.3, -0.25) is 0 Å². The van der Waals surface area contributed by atoms with Crippen LogP contribution in [-0.4, -0.2) is 37.6 Å². The van der Waals surface area contributed by atoms with E-state index in [1.54, 1.807) is 6.07 Å². The van der Waals surface area contributed by atoms with Gasteiger partial charge in [0.2, 0.25) is 0 Å². The lowest BCUT2D eigenvalue weighted by Crippen LogP contribution is -2.46. The Hall–Kier alpha value is -1.60. The molecule has 17 heavy (non-hydrogen) atoms. The number of likely N-dealkylation sites (N-methyl/N-ethyl adjacent to an activating group) is 1. The van der Waals surface area contributed by atoms with E-state index in [-0.39, 0.29) is 5.56 Å². The van der Waals surface area contributed by atoms with Gasteiger partial charge in [0.1, 0.15) is 17.4 Å². The van der Waals surface area contributed by atoms with E-state index >= 15 is 0 Å². The van der Waals surface area contributed by atoms with Gasteiger partial charge in [0, 0.05) is 26.2 Å². The molecule has 0 N–H and O–H groups in total. The molecule has 0 aromatic heterocycles. The summed E-state index contributed by atoms with van der Waals surface area (Å²) in [5, 5.41) is 9.00. The van der Waals surface area contributed by atoms with Crippen molar-refractivity contribution >= 4 is 5.69 Å². The summed E-state index contributed by atoms with van der Waals surface area (Å²) in [6.45, 7) is 6.83. The van der Waals surface area contributed by atoms with E-state index in [0.29, 0.717) is 0 Å². The zero-order valence-corrected chi connectivity index (χ0v) is 9.99. The van der Waals surface area contributed by atoms with Crippen molar-refractivity contribution in [3.8, 4) is 6.07 Å². The molecule has 0 radical (unpaired) electrons. The molecule has 1 aliphatic heterocycles. The van der Waals surface area contributed by atoms with Crippen LogP contribution in [0.5, 0.6) is 0 Å². The number of piperazine rings is 1. The van der Waals surface area contributed by atoms with E-state index in [4.69, 9.17) is 5.26 Å². The molecular weight excluding hydrogens is 217 g/mol. The fourth-order valence-corrected chi connectivity index (χ4v) is 2.19. The summed E-state index contributed by atoms with van der Waals surface area (Å²) in [6.07, 6.45) is 0. The molecule has 90 valence electrons. The minimum absolute atomic E-state index is 0.164. The zero-order chi connectivity index (χ0) is 12.3. The number of hydrogen-bond donors (Lipinski definition) is 0. The third-order valence-corrected chi connectivity index (χ3v) is 3.26. The van der Waals surface area contributed by atoms with Gasteiger partial charge in [-0.15, -0.1) is 0 Å². The number of hydrogen-bond acceptors (Lipinski definition) is 3. The first-order valence-corrected chi connectivity index (χ1v) is 5.92. The second kappa shape index (κ2) is 5.15. The summed E-state index contributed by atoms with van der Waals surface area (Å²) in [4.78, 5) is 4.44. The Morgan fingerprint density at radius 1 is 1.29 bits per heavy atom. The Labute approximate surface area is 101 Å². The fraction of sp³-hybridized carbons (Fsp3) is 0.462. The number of nitrogens with zero attached hydrogens (tertiary/aromatic N) is 3. The van der Waals surface area contributed by atoms with E-state index in [1.807, 2.05) is 12.1 Å². The van der Waals surface area contributed by atoms with E-state index in [1.165, 1.54) is 6.07 Å². The van der Waals surface area contributed by atoms with Crippen molar-refractivity contribution in [3.05, 3.63) is 29.6 Å². The molecule has 1 aromatic rings. The highest BCUT2D eigenvalue weighted by Crippen LogP contribution is 2.23. The molecule has 1 heterocycles. The smallest absolute Gasteiger partial charge is 0.143 e. The second-order valence-electron chi connectivity index (χ2n) is 4.17. The number of nitriles is 1. The number of rotatable bonds is 2. The summed E-state index contributed by atoms with van der Waals surface area (Å²) in [5.41, 5.74) is 0.890. The highest BCUT2D eigenvalue weighted by Gasteiger charge is 2.19. The van der Waals surface area contributed by atoms with Crippen molar-refractivity contribution in [2.24, 2.45) is 0 Å². The summed E-state index contributed by atoms with van der Waals surface area (Å²) < 4.78 is 13.5. The third-order valence-electron chi connectivity index (χ3n) is 3.26. The van der Waals surface area contributed by atoms with Gasteiger partial charge in [0.15, 0.2) is 0 Å². The minimum Gasteiger partial charge on any atom is -0.368 e. The first kappa shape index (κ1) is 11.9. The molecule has 0 unspecified atom stereocenters. The van der Waals surface area contributed by atoms with Crippen LogP contribution in [0.2, 0.25) is 0 Å². The maximum absolute atomic E-state index is 13.5. The average molecular weight is 233 g/mol. The SMILES string of the molecule is CCN1CCN(c2cccc(F)c2C#N)CC1. The Morgan fingerprint density at radius 2 is 2.00 bits per heavy atom. The summed E-state index contributed by atoms with van der Waals surface area (Å²) >= 11 is 0. The molecule has 2 rings (SSSR count). The molecule has 1 fully saturated rings. The molecular formula is C13H16FN3. The molecule has 1 aromatic carbocycles. The lowest BCUT2D eigenvalue weighted by molar-refractivity contribution is 0.271. The summed E-state index contributed by atoms with van der Waals surface area (Å²) in [5.74, 6) is -0.428. The van der Waals surface area contributed by atoms with E-state index in [9.17, 15) is 4.39 Å². The van der Waals surface area contributed by atoms with Gasteiger partial charge in [0.05, 0.1) is 5.69 Å². The van der Waals surface area contributed by atoms with Crippen LogP contribution >= 0.6 is 0 Å². The van der Waals surface area contributed by atoms with E-state index in [2.05, 4.69) is 16.7 Å². The van der Waals surface area contributed by atoms with E-state index < -0.39 is 5.82 Å². The zero-order valence-electron chi connectivity index (χ0n) is 9.99. The first-order chi connectivity index (χ1) is 8.26. The van der Waals surface area contributed by atoms with Crippen molar-refractivity contribution in [1.82, 2.24) is 4.90 Å². The molecule has 1 aliphatic rings. The lowest BCUT2D eigenvalue weighted by atomic mass is 10.1. The summed E-state index contributed by atoms with van der Waals surface area (Å²) in [7, 11) is 0. The minimum atomic E-state index is -0.428. The lowest BCUT2D eigenvalue weighted by Gasteiger charge is -2.35. The van der Waals surface area contributed by atoms with Gasteiger partial charge in [-0.1, -0.05) is 13.0 Å². The second-order valence-corrected chi connectivity index (χ2v) is 4.17. The average Bonchev–Trinajstić information content (AvgIpc) is 2.38. The third kappa shape index (κ3) is 2.40. The van der Waals surface area contributed by atoms with Gasteiger partial charge in [-0.05, 0) is 18.7 Å². The quantitative estimate of drug-likeness (QED) is 0.780. The molecule has 1 saturated heterocycles. The predicted octanol–water partition coefficient (Wildman–Crippen LogP) is 1.84. The van der Waals surface area contributed by atoms with Crippen LogP contribution in [0.25, 0.3) is 0 Å². The normalized spacial score (nSPS) is 16.9. The van der Waals surface area contributed by atoms with Crippen molar-refractivity contribution in [2.75, 3.05) is 37.6 Å². The molecule has 0 bridgehead atoms. The Morgan fingerprint density at radius 3 is 2.59 bits per heavy atom. The number of halogens is 1. The highest BCUT2D eigenvalue weighted by molar-refractivity contribution is 5.60. The Bertz CT molecular complexity index is 431. The molecule has 0 saturated carbocycles. The van der Waals surface area contributed by atoms with Crippen LogP contribution in [0, 0.1) is 17.1 Å². The highest BCUT2D eigenvalue weighted by atomic mass is 19.1. The van der Waals surface area contributed by atoms with Gasteiger partial charge in [-0.25, -0.2) is 4.39 Å². The molecule has 0 spiro atoms. The van der Waals surface area contributed by atoms with Crippen molar-refractivity contribution < 1.29 is 4.39 Å². The largest absolute Gasteiger partial charge is 0.368 e. The Balaban J connectivity index is 2.19. The molecule has 0 atom stereocenters. The van der Waals surface area contributed by atoms with Crippen molar-refractivity contribution in [2.45, 2.75) is 6.92 Å². The Kier molecular flexibility index (Phi) is 3.60. The number of anilines is 1. The van der Waals surface area contributed by atoms with Gasteiger partial charge in [0.25, 0.3) is 0 Å². The molecule has 3 nitrogen and oxygen atoms in total. The maximum atomic E-state index is 13.5. The molecule has 0 aliphatic carbocycles. The van der Waals surface area contributed by atoms with Crippen molar-refractivity contribution in [1.29, 1.82) is 5.26 Å². The first-order valence-electron chi connectivity index (χ1n) is 5.92. The van der Waals surface area contributed by atoms with Gasteiger partial charge >= 0.3 is 0 Å². The van der Waals surface area contributed by atoms with Crippen LogP contribution in [0.4, 0.5) is 10.1 Å². The van der Waals surface area contributed by atoms with Gasteiger partial charge in [-0.2, -0.15) is 5.26 Å². The van der Waals surface area contributed by atoms with Crippen LogP contribution < -0.4 is 4.90 Å². The summed E-state index contributed by atoms with van der Waals surface area (Å²) in [6, 6.07) is 6.78. The van der Waals surface area contributed by atoms with Crippen LogP contribution in [0.1, 0.15) is 12.5 Å². The standard InChI is InChI=1S/C13H16FN3/c1-2-16-6-8-17(9-7-16)13-5-3-4-12(14)11(13)10-15/h3-5H,2,6-9H2,1H3. The van der Waals surface area contributed by atoms with E-state index in [0.717, 1.165) is 38.4 Å². The van der Waals surface area contributed by atoms with Crippen LogP contribution in [0.3, 0.4) is 0 Å². The maximum Gasteiger partial charge on any atom is 0.143 e. The predicted molar refractivity (Wildman–Crippen MR) is 65.4 cm³/mol. The topological polar surface area (TPSA) is 30.3 Å². The monoisotopic (exact) mass is 233 g/mol.